The number of nitrogens with zero attached hydrogens (tertiary/aromatic N) is 1. The largest absolute Gasteiger partial charge is 0.388 e. The number of hydrogen-bond acceptors (Lipinski definition) is 2. The van der Waals surface area contributed by atoms with Gasteiger partial charge in [-0.3, -0.25) is 4.98 Å². The molecule has 1 atom stereocenters. The van der Waals surface area contributed by atoms with Crippen molar-refractivity contribution in [2.45, 2.75) is 12.5 Å². The van der Waals surface area contributed by atoms with Gasteiger partial charge in [-0.2, -0.15) is 0 Å². The number of hydrogen-bond donors (Lipinski definition) is 1. The number of aliphatic hydroxyl groups excluding tert-OH is 1. The van der Waals surface area contributed by atoms with Crippen LogP contribution in [-0.2, 0) is 6.42 Å². The van der Waals surface area contributed by atoms with Crippen molar-refractivity contribution in [3.63, 3.8) is 0 Å². The van der Waals surface area contributed by atoms with Gasteiger partial charge in [-0.05, 0) is 23.8 Å². The molecule has 1 unspecified atom stereocenters. The van der Waals surface area contributed by atoms with Gasteiger partial charge in [0.05, 0.1) is 17.3 Å². The minimum atomic E-state index is -0.936. The molecule has 0 saturated heterocycles. The van der Waals surface area contributed by atoms with Crippen LogP contribution in [0.15, 0.2) is 36.7 Å². The van der Waals surface area contributed by atoms with E-state index in [4.69, 9.17) is 11.6 Å². The number of rotatable bonds is 3. The quantitative estimate of drug-likeness (QED) is 0.927. The highest BCUT2D eigenvalue weighted by Gasteiger charge is 2.11. The Bertz CT molecular complexity index is 562. The number of aromatic nitrogens is 1. The number of halogens is 3. The highest BCUT2D eigenvalue weighted by atomic mass is 35.5. The Balaban J connectivity index is 2.16. The smallest absolute Gasteiger partial charge is 0.142 e. The second kappa shape index (κ2) is 5.42. The Kier molecular flexibility index (Phi) is 3.89. The van der Waals surface area contributed by atoms with Crippen LogP contribution < -0.4 is 0 Å². The summed E-state index contributed by atoms with van der Waals surface area (Å²) in [5.74, 6) is -1.06. The topological polar surface area (TPSA) is 33.1 Å². The molecule has 0 aliphatic heterocycles. The fourth-order valence-electron chi connectivity index (χ4n) is 1.62. The first-order valence-electron chi connectivity index (χ1n) is 5.28. The molecule has 18 heavy (non-hydrogen) atoms. The molecule has 2 nitrogen and oxygen atoms in total. The van der Waals surface area contributed by atoms with Crippen molar-refractivity contribution in [1.29, 1.82) is 0 Å². The van der Waals surface area contributed by atoms with Crippen LogP contribution in [0.2, 0.25) is 5.02 Å². The van der Waals surface area contributed by atoms with Crippen molar-refractivity contribution in [3.8, 4) is 0 Å². The zero-order valence-electron chi connectivity index (χ0n) is 9.28. The lowest BCUT2D eigenvalue weighted by molar-refractivity contribution is 0.177. The first kappa shape index (κ1) is 12.9. The number of pyridine rings is 1. The third kappa shape index (κ3) is 3.03. The number of aliphatic hydroxyl groups is 1. The van der Waals surface area contributed by atoms with Gasteiger partial charge in [0, 0.05) is 18.2 Å². The molecular formula is C13H10ClF2NO. The summed E-state index contributed by atoms with van der Waals surface area (Å²) in [5.41, 5.74) is 0.930. The average Bonchev–Trinajstić information content (AvgIpc) is 2.34. The van der Waals surface area contributed by atoms with Crippen molar-refractivity contribution < 1.29 is 13.9 Å². The zero-order chi connectivity index (χ0) is 13.1. The summed E-state index contributed by atoms with van der Waals surface area (Å²) in [4.78, 5) is 3.65. The molecule has 1 aromatic heterocycles. The van der Waals surface area contributed by atoms with Crippen LogP contribution in [0.25, 0.3) is 0 Å². The lowest BCUT2D eigenvalue weighted by Gasteiger charge is -2.11. The van der Waals surface area contributed by atoms with Crippen molar-refractivity contribution in [2.75, 3.05) is 0 Å². The average molecular weight is 270 g/mol. The summed E-state index contributed by atoms with van der Waals surface area (Å²) in [5, 5.41) is 9.92. The van der Waals surface area contributed by atoms with E-state index < -0.39 is 17.7 Å². The van der Waals surface area contributed by atoms with Crippen molar-refractivity contribution >= 4 is 11.6 Å². The Morgan fingerprint density at radius 1 is 1.22 bits per heavy atom. The monoisotopic (exact) mass is 269 g/mol. The zero-order valence-corrected chi connectivity index (χ0v) is 10.0. The molecule has 0 amide bonds. The van der Waals surface area contributed by atoms with E-state index in [1.807, 2.05) is 0 Å². The molecule has 1 aromatic carbocycles. The fourth-order valence-corrected chi connectivity index (χ4v) is 1.74. The first-order chi connectivity index (χ1) is 8.56. The van der Waals surface area contributed by atoms with Gasteiger partial charge < -0.3 is 5.11 Å². The van der Waals surface area contributed by atoms with Crippen molar-refractivity contribution in [2.24, 2.45) is 0 Å². The van der Waals surface area contributed by atoms with E-state index in [1.54, 1.807) is 6.07 Å². The molecule has 0 spiro atoms. The predicted molar refractivity (Wildman–Crippen MR) is 64.3 cm³/mol. The van der Waals surface area contributed by atoms with Gasteiger partial charge in [-0.15, -0.1) is 0 Å². The molecule has 2 rings (SSSR count). The first-order valence-corrected chi connectivity index (χ1v) is 5.66. The highest BCUT2D eigenvalue weighted by Crippen LogP contribution is 2.21. The molecular weight excluding hydrogens is 260 g/mol. The molecule has 1 heterocycles. The molecule has 0 saturated carbocycles. The van der Waals surface area contributed by atoms with Gasteiger partial charge in [0.2, 0.25) is 0 Å². The fraction of sp³-hybridized carbons (Fsp3) is 0.154. The summed E-state index contributed by atoms with van der Waals surface area (Å²) in [6, 6.07) is 5.48. The minimum Gasteiger partial charge on any atom is -0.388 e. The van der Waals surface area contributed by atoms with Crippen LogP contribution in [-0.4, -0.2) is 10.1 Å². The third-order valence-electron chi connectivity index (χ3n) is 2.52. The molecule has 0 aliphatic carbocycles. The van der Waals surface area contributed by atoms with Gasteiger partial charge in [0.1, 0.15) is 11.6 Å². The van der Waals surface area contributed by atoms with Gasteiger partial charge in [0.15, 0.2) is 0 Å². The second-order valence-corrected chi connectivity index (χ2v) is 4.31. The molecule has 0 bridgehead atoms. The van der Waals surface area contributed by atoms with E-state index in [0.717, 1.165) is 6.20 Å². The van der Waals surface area contributed by atoms with E-state index in [0.29, 0.717) is 11.1 Å². The molecule has 5 heteroatoms. The summed E-state index contributed by atoms with van der Waals surface area (Å²) < 4.78 is 26.1. The van der Waals surface area contributed by atoms with Crippen LogP contribution in [0.4, 0.5) is 8.78 Å². The summed E-state index contributed by atoms with van der Waals surface area (Å²) in [6.07, 6.45) is 1.66. The Morgan fingerprint density at radius 2 is 2.00 bits per heavy atom. The van der Waals surface area contributed by atoms with Crippen LogP contribution in [0.1, 0.15) is 17.2 Å². The molecule has 0 aliphatic rings. The van der Waals surface area contributed by atoms with Gasteiger partial charge in [0.25, 0.3) is 0 Å². The third-order valence-corrected chi connectivity index (χ3v) is 2.83. The molecule has 2 aromatic rings. The SMILES string of the molecule is OC(Cc1ccc(Cl)c(F)c1)c1cncc(F)c1. The summed E-state index contributed by atoms with van der Waals surface area (Å²) in [6.45, 7) is 0. The molecule has 0 radical (unpaired) electrons. The maximum absolute atomic E-state index is 13.2. The minimum absolute atomic E-state index is 0.0284. The number of benzene rings is 1. The van der Waals surface area contributed by atoms with Gasteiger partial charge in [-0.1, -0.05) is 17.7 Å². The lowest BCUT2D eigenvalue weighted by atomic mass is 10.0. The molecule has 94 valence electrons. The highest BCUT2D eigenvalue weighted by molar-refractivity contribution is 6.30. The lowest BCUT2D eigenvalue weighted by Crippen LogP contribution is -2.03. The Morgan fingerprint density at radius 3 is 2.67 bits per heavy atom. The van der Waals surface area contributed by atoms with Crippen LogP contribution in [0.3, 0.4) is 0 Å². The van der Waals surface area contributed by atoms with Gasteiger partial charge >= 0.3 is 0 Å². The maximum atomic E-state index is 13.2. The van der Waals surface area contributed by atoms with Crippen LogP contribution in [0, 0.1) is 11.6 Å². The Hall–Kier alpha value is -1.52. The summed E-state index contributed by atoms with van der Waals surface area (Å²) in [7, 11) is 0. The summed E-state index contributed by atoms with van der Waals surface area (Å²) >= 11 is 5.56. The standard InChI is InChI=1S/C13H10ClF2NO/c14-11-2-1-8(3-12(11)16)4-13(18)9-5-10(15)7-17-6-9/h1-3,5-7,13,18H,4H2. The van der Waals surface area contributed by atoms with E-state index >= 15 is 0 Å². The molecule has 1 N–H and O–H groups in total. The van der Waals surface area contributed by atoms with Gasteiger partial charge in [-0.25, -0.2) is 8.78 Å². The Labute approximate surface area is 108 Å². The molecule has 0 fully saturated rings. The second-order valence-electron chi connectivity index (χ2n) is 3.90. The maximum Gasteiger partial charge on any atom is 0.142 e. The van der Waals surface area contributed by atoms with Crippen molar-refractivity contribution in [3.05, 3.63) is 64.4 Å². The predicted octanol–water partition coefficient (Wildman–Crippen LogP) is 3.29. The van der Waals surface area contributed by atoms with Crippen molar-refractivity contribution in [1.82, 2.24) is 4.98 Å². The van der Waals surface area contributed by atoms with E-state index in [2.05, 4.69) is 4.98 Å². The van der Waals surface area contributed by atoms with E-state index in [1.165, 1.54) is 24.4 Å². The van der Waals surface area contributed by atoms with Crippen LogP contribution in [0.5, 0.6) is 0 Å². The van der Waals surface area contributed by atoms with E-state index in [9.17, 15) is 13.9 Å². The van der Waals surface area contributed by atoms with E-state index in [-0.39, 0.29) is 11.4 Å². The van der Waals surface area contributed by atoms with Crippen LogP contribution >= 0.6 is 11.6 Å². The normalized spacial score (nSPS) is 12.4.